The molecular weight excluding hydrogens is 511 g/mol. The summed E-state index contributed by atoms with van der Waals surface area (Å²) in [6, 6.07) is 6.37. The van der Waals surface area contributed by atoms with Crippen molar-refractivity contribution in [1.82, 2.24) is 15.0 Å². The van der Waals surface area contributed by atoms with Gasteiger partial charge in [0.25, 0.3) is 0 Å². The number of fused-ring (bicyclic) bond motifs is 1. The van der Waals surface area contributed by atoms with Crippen molar-refractivity contribution in [3.63, 3.8) is 0 Å². The number of aromatic nitrogens is 3. The number of ether oxygens (including phenoxy) is 2. The van der Waals surface area contributed by atoms with E-state index in [0.29, 0.717) is 52.8 Å². The number of alkyl halides is 3. The summed E-state index contributed by atoms with van der Waals surface area (Å²) in [6.45, 7) is 2.67. The maximum absolute atomic E-state index is 13.3. The van der Waals surface area contributed by atoms with Gasteiger partial charge in [0.1, 0.15) is 17.3 Å². The quantitative estimate of drug-likeness (QED) is 0.459. The second-order valence-electron chi connectivity index (χ2n) is 8.75. The van der Waals surface area contributed by atoms with Crippen molar-refractivity contribution in [3.8, 4) is 5.88 Å². The van der Waals surface area contributed by atoms with E-state index in [0.717, 1.165) is 12.1 Å². The van der Waals surface area contributed by atoms with Crippen LogP contribution in [0.25, 0.3) is 11.0 Å². The maximum atomic E-state index is 13.3. The Hall–Kier alpha value is -3.19. The Morgan fingerprint density at radius 2 is 1.84 bits per heavy atom. The predicted molar refractivity (Wildman–Crippen MR) is 134 cm³/mol. The normalized spacial score (nSPS) is 16.5. The molecule has 1 aromatic carbocycles. The summed E-state index contributed by atoms with van der Waals surface area (Å²) in [6.07, 6.45) is -4.06. The predicted octanol–water partition coefficient (Wildman–Crippen LogP) is 3.65. The number of sulfone groups is 1. The highest BCUT2D eigenvalue weighted by Crippen LogP contribution is 2.35. The van der Waals surface area contributed by atoms with Gasteiger partial charge in [0, 0.05) is 32.7 Å². The third-order valence-corrected chi connectivity index (χ3v) is 7.76. The van der Waals surface area contributed by atoms with E-state index in [1.54, 1.807) is 26.2 Å². The zero-order valence-electron chi connectivity index (χ0n) is 20.7. The Bertz CT molecular complexity index is 1370. The first kappa shape index (κ1) is 26.9. The first-order valence-corrected chi connectivity index (χ1v) is 13.5. The SMILES string of the molecule is COCCc1nc(N[C@H](C)c2cccc(C(F)(F)F)c2)c2cc(N3CCS(=O)(=O)CC3)c(OC)nc2n1. The van der Waals surface area contributed by atoms with Gasteiger partial charge in [-0.25, -0.2) is 18.4 Å². The Labute approximate surface area is 212 Å². The molecule has 4 rings (SSSR count). The van der Waals surface area contributed by atoms with Gasteiger partial charge in [-0.1, -0.05) is 12.1 Å². The highest BCUT2D eigenvalue weighted by molar-refractivity contribution is 7.91. The highest BCUT2D eigenvalue weighted by atomic mass is 32.2. The molecule has 3 aromatic rings. The van der Waals surface area contributed by atoms with Crippen LogP contribution in [-0.4, -0.2) is 68.8 Å². The van der Waals surface area contributed by atoms with E-state index in [1.165, 1.54) is 13.2 Å². The monoisotopic (exact) mass is 539 g/mol. The smallest absolute Gasteiger partial charge is 0.416 e. The van der Waals surface area contributed by atoms with Crippen molar-refractivity contribution < 1.29 is 31.1 Å². The van der Waals surface area contributed by atoms with Crippen LogP contribution in [0.3, 0.4) is 0 Å². The highest BCUT2D eigenvalue weighted by Gasteiger charge is 2.31. The van der Waals surface area contributed by atoms with Gasteiger partial charge >= 0.3 is 6.18 Å². The molecule has 2 aromatic heterocycles. The van der Waals surface area contributed by atoms with Crippen molar-refractivity contribution in [2.75, 3.05) is 55.6 Å². The van der Waals surface area contributed by atoms with Crippen molar-refractivity contribution in [2.45, 2.75) is 25.6 Å². The molecule has 3 heterocycles. The average molecular weight is 540 g/mol. The molecule has 0 aliphatic carbocycles. The minimum atomic E-state index is -4.46. The zero-order chi connectivity index (χ0) is 26.8. The van der Waals surface area contributed by atoms with Crippen LogP contribution in [0.5, 0.6) is 5.88 Å². The van der Waals surface area contributed by atoms with Crippen molar-refractivity contribution >= 4 is 32.4 Å². The van der Waals surface area contributed by atoms with Crippen LogP contribution >= 0.6 is 0 Å². The van der Waals surface area contributed by atoms with Crippen LogP contribution in [0.15, 0.2) is 30.3 Å². The molecule has 0 bridgehead atoms. The largest absolute Gasteiger partial charge is 0.479 e. The molecule has 1 atom stereocenters. The number of benzene rings is 1. The summed E-state index contributed by atoms with van der Waals surface area (Å²) < 4.78 is 74.3. The van der Waals surface area contributed by atoms with Gasteiger partial charge in [-0.15, -0.1) is 0 Å². The minimum Gasteiger partial charge on any atom is -0.479 e. The fourth-order valence-corrected chi connectivity index (χ4v) is 5.29. The molecule has 1 aliphatic rings. The van der Waals surface area contributed by atoms with E-state index in [1.807, 2.05) is 4.90 Å². The minimum absolute atomic E-state index is 0.0122. The van der Waals surface area contributed by atoms with Gasteiger partial charge in [-0.2, -0.15) is 18.2 Å². The fourth-order valence-electron chi connectivity index (χ4n) is 4.09. The van der Waals surface area contributed by atoms with Crippen LogP contribution < -0.4 is 15.0 Å². The number of nitrogens with one attached hydrogen (secondary N) is 1. The van der Waals surface area contributed by atoms with Gasteiger partial charge in [-0.3, -0.25) is 0 Å². The number of halogens is 3. The molecule has 0 radical (unpaired) electrons. The topological polar surface area (TPSA) is 107 Å². The van der Waals surface area contributed by atoms with E-state index in [-0.39, 0.29) is 24.6 Å². The molecule has 9 nitrogen and oxygen atoms in total. The second-order valence-corrected chi connectivity index (χ2v) is 11.1. The summed E-state index contributed by atoms with van der Waals surface area (Å²) in [4.78, 5) is 15.6. The van der Waals surface area contributed by atoms with Gasteiger partial charge in [-0.05, 0) is 30.7 Å². The van der Waals surface area contributed by atoms with Crippen molar-refractivity contribution in [1.29, 1.82) is 0 Å². The molecule has 1 fully saturated rings. The molecule has 1 N–H and O–H groups in total. The lowest BCUT2D eigenvalue weighted by Crippen LogP contribution is -2.40. The lowest BCUT2D eigenvalue weighted by Gasteiger charge is -2.29. The third-order valence-electron chi connectivity index (χ3n) is 6.15. The second kappa shape index (κ2) is 10.7. The number of anilines is 2. The third kappa shape index (κ3) is 6.21. The van der Waals surface area contributed by atoms with Crippen LogP contribution in [-0.2, 0) is 27.2 Å². The molecule has 1 saturated heterocycles. The summed E-state index contributed by atoms with van der Waals surface area (Å²) in [7, 11) is -0.0706. The molecule has 0 spiro atoms. The van der Waals surface area contributed by atoms with Crippen LogP contribution in [0.1, 0.15) is 29.9 Å². The zero-order valence-corrected chi connectivity index (χ0v) is 21.5. The summed E-state index contributed by atoms with van der Waals surface area (Å²) in [5.74, 6) is 1.15. The van der Waals surface area contributed by atoms with Gasteiger partial charge in [0.15, 0.2) is 15.5 Å². The number of pyridine rings is 1. The number of rotatable bonds is 8. The lowest BCUT2D eigenvalue weighted by atomic mass is 10.0. The molecule has 0 saturated carbocycles. The van der Waals surface area contributed by atoms with E-state index < -0.39 is 27.6 Å². The Morgan fingerprint density at radius 1 is 1.11 bits per heavy atom. The number of methoxy groups -OCH3 is 2. The molecule has 0 unspecified atom stereocenters. The van der Waals surface area contributed by atoms with Gasteiger partial charge < -0.3 is 19.7 Å². The van der Waals surface area contributed by atoms with Crippen molar-refractivity contribution in [2.24, 2.45) is 0 Å². The van der Waals surface area contributed by atoms with E-state index in [4.69, 9.17) is 9.47 Å². The maximum Gasteiger partial charge on any atom is 0.416 e. The Balaban J connectivity index is 1.76. The van der Waals surface area contributed by atoms with Crippen LogP contribution in [0, 0.1) is 0 Å². The fraction of sp³-hybridized carbons (Fsp3) is 0.458. The van der Waals surface area contributed by atoms with Crippen molar-refractivity contribution in [3.05, 3.63) is 47.3 Å². The first-order valence-electron chi connectivity index (χ1n) is 11.6. The molecule has 37 heavy (non-hydrogen) atoms. The number of nitrogens with zero attached hydrogens (tertiary/aromatic N) is 4. The van der Waals surface area contributed by atoms with Gasteiger partial charge in [0.2, 0.25) is 5.88 Å². The first-order chi connectivity index (χ1) is 17.5. The lowest BCUT2D eigenvalue weighted by molar-refractivity contribution is -0.137. The summed E-state index contributed by atoms with van der Waals surface area (Å²) >= 11 is 0. The average Bonchev–Trinajstić information content (AvgIpc) is 2.86. The molecule has 0 amide bonds. The summed E-state index contributed by atoms with van der Waals surface area (Å²) in [5, 5.41) is 3.75. The van der Waals surface area contributed by atoms with Gasteiger partial charge in [0.05, 0.1) is 36.2 Å². The van der Waals surface area contributed by atoms with E-state index in [2.05, 4.69) is 20.3 Å². The van der Waals surface area contributed by atoms with E-state index >= 15 is 0 Å². The Kier molecular flexibility index (Phi) is 7.74. The Morgan fingerprint density at radius 3 is 2.49 bits per heavy atom. The van der Waals surface area contributed by atoms with Crippen LogP contribution in [0.4, 0.5) is 24.7 Å². The molecule has 1 aliphatic heterocycles. The number of hydrogen-bond acceptors (Lipinski definition) is 9. The molecule has 13 heteroatoms. The standard InChI is InChI=1S/C24H28F3N5O4S/c1-15(16-5-4-6-17(13-16)24(25,26)27)28-21-18-14-19(32-8-11-37(33,34)12-9-32)23(36-3)31-22(18)30-20(29-21)7-10-35-2/h4-6,13-15H,7-12H2,1-3H3,(H,28,29,30,31)/t15-/m1/s1. The van der Waals surface area contributed by atoms with E-state index in [9.17, 15) is 21.6 Å². The number of hydrogen-bond donors (Lipinski definition) is 1. The summed E-state index contributed by atoms with van der Waals surface area (Å²) in [5.41, 5.74) is 0.627. The molecular formula is C24H28F3N5O4S. The van der Waals surface area contributed by atoms with Crippen LogP contribution in [0.2, 0.25) is 0 Å². The molecule has 200 valence electrons.